The number of nitrogens with one attached hydrogen (secondary N) is 3. The minimum atomic E-state index is -0.101. The molecule has 1 saturated carbocycles. The molecule has 0 aromatic heterocycles. The summed E-state index contributed by atoms with van der Waals surface area (Å²) in [7, 11) is 1.61. The normalized spacial score (nSPS) is 15.4. The van der Waals surface area contributed by atoms with Crippen molar-refractivity contribution in [3.05, 3.63) is 35.9 Å². The molecule has 0 heterocycles. The van der Waals surface area contributed by atoms with Crippen LogP contribution in [0.15, 0.2) is 35.3 Å². The Morgan fingerprint density at radius 2 is 1.92 bits per heavy atom. The van der Waals surface area contributed by atoms with Crippen molar-refractivity contribution in [3.63, 3.8) is 0 Å². The SMILES string of the molecule is CCNC(=NCC(=O)NCCOC)NCC1(c2ccccc2)CCC1.I. The van der Waals surface area contributed by atoms with Crippen molar-refractivity contribution in [1.29, 1.82) is 0 Å². The molecule has 1 aliphatic rings. The summed E-state index contributed by atoms with van der Waals surface area (Å²) < 4.78 is 4.92. The first-order chi connectivity index (χ1) is 12.2. The summed E-state index contributed by atoms with van der Waals surface area (Å²) in [5.74, 6) is 0.585. The fourth-order valence-corrected chi connectivity index (χ4v) is 3.06. The van der Waals surface area contributed by atoms with E-state index in [0.29, 0.717) is 19.1 Å². The molecule has 0 unspecified atom stereocenters. The Morgan fingerprint density at radius 3 is 2.50 bits per heavy atom. The van der Waals surface area contributed by atoms with Crippen LogP contribution >= 0.6 is 24.0 Å². The molecule has 0 atom stereocenters. The lowest BCUT2D eigenvalue weighted by molar-refractivity contribution is -0.119. The van der Waals surface area contributed by atoms with Crippen LogP contribution in [0, 0.1) is 0 Å². The van der Waals surface area contributed by atoms with Crippen LogP contribution in [0.4, 0.5) is 0 Å². The summed E-state index contributed by atoms with van der Waals surface area (Å²) in [5.41, 5.74) is 1.56. The molecule has 1 aromatic rings. The van der Waals surface area contributed by atoms with Crippen LogP contribution in [0.3, 0.4) is 0 Å². The van der Waals surface area contributed by atoms with Gasteiger partial charge in [-0.3, -0.25) is 4.79 Å². The number of guanidine groups is 1. The lowest BCUT2D eigenvalue weighted by Gasteiger charge is -2.43. The first-order valence-corrected chi connectivity index (χ1v) is 9.03. The van der Waals surface area contributed by atoms with Gasteiger partial charge in [-0.1, -0.05) is 36.8 Å². The second kappa shape index (κ2) is 12.1. The molecule has 1 amide bonds. The van der Waals surface area contributed by atoms with Gasteiger partial charge in [-0.2, -0.15) is 0 Å². The fraction of sp³-hybridized carbons (Fsp3) is 0.579. The number of benzene rings is 1. The second-order valence-corrected chi connectivity index (χ2v) is 6.39. The number of hydrogen-bond acceptors (Lipinski definition) is 3. The van der Waals surface area contributed by atoms with Gasteiger partial charge in [0.25, 0.3) is 0 Å². The maximum absolute atomic E-state index is 11.8. The largest absolute Gasteiger partial charge is 0.383 e. The van der Waals surface area contributed by atoms with Crippen LogP contribution in [-0.4, -0.2) is 51.8 Å². The predicted octanol–water partition coefficient (Wildman–Crippen LogP) is 2.04. The number of carbonyl (C=O) groups is 1. The highest BCUT2D eigenvalue weighted by molar-refractivity contribution is 14.0. The topological polar surface area (TPSA) is 74.8 Å². The Labute approximate surface area is 173 Å². The van der Waals surface area contributed by atoms with Gasteiger partial charge in [-0.05, 0) is 25.3 Å². The molecule has 26 heavy (non-hydrogen) atoms. The summed E-state index contributed by atoms with van der Waals surface area (Å²) >= 11 is 0. The Morgan fingerprint density at radius 1 is 1.19 bits per heavy atom. The Hall–Kier alpha value is -1.35. The zero-order valence-electron chi connectivity index (χ0n) is 15.7. The van der Waals surface area contributed by atoms with E-state index in [1.54, 1.807) is 7.11 Å². The number of methoxy groups -OCH3 is 1. The van der Waals surface area contributed by atoms with Crippen molar-refractivity contribution in [2.75, 3.05) is 39.9 Å². The molecule has 0 radical (unpaired) electrons. The third kappa shape index (κ3) is 6.75. The standard InChI is InChI=1S/C19H30N4O2.HI/c1-3-20-18(22-14-17(24)21-12-13-25-2)23-15-19(10-7-11-19)16-8-5-4-6-9-16;/h4-6,8-9H,3,7,10-15H2,1-2H3,(H,21,24)(H2,20,22,23);1H. The quantitative estimate of drug-likeness (QED) is 0.222. The van der Waals surface area contributed by atoms with Crippen molar-refractivity contribution < 1.29 is 9.53 Å². The lowest BCUT2D eigenvalue weighted by atomic mass is 9.64. The molecule has 2 rings (SSSR count). The van der Waals surface area contributed by atoms with E-state index < -0.39 is 0 Å². The Balaban J connectivity index is 0.00000338. The number of amides is 1. The van der Waals surface area contributed by atoms with Gasteiger partial charge >= 0.3 is 0 Å². The number of aliphatic imine (C=N–C) groups is 1. The Bertz CT molecular complexity index is 562. The highest BCUT2D eigenvalue weighted by atomic mass is 127. The van der Waals surface area contributed by atoms with E-state index in [-0.39, 0.29) is 41.8 Å². The molecule has 1 fully saturated rings. The average Bonchev–Trinajstić information content (AvgIpc) is 2.60. The molecule has 0 bridgehead atoms. The molecule has 6 nitrogen and oxygen atoms in total. The van der Waals surface area contributed by atoms with Crippen molar-refractivity contribution in [2.45, 2.75) is 31.6 Å². The molecular formula is C19H31IN4O2. The molecule has 1 aliphatic carbocycles. The van der Waals surface area contributed by atoms with Crippen LogP contribution in [0.1, 0.15) is 31.7 Å². The van der Waals surface area contributed by atoms with E-state index >= 15 is 0 Å². The van der Waals surface area contributed by atoms with Crippen LogP contribution in [0.25, 0.3) is 0 Å². The third-order valence-electron chi connectivity index (χ3n) is 4.64. The minimum Gasteiger partial charge on any atom is -0.383 e. The van der Waals surface area contributed by atoms with E-state index in [1.165, 1.54) is 24.8 Å². The van der Waals surface area contributed by atoms with Crippen molar-refractivity contribution in [1.82, 2.24) is 16.0 Å². The molecule has 0 spiro atoms. The monoisotopic (exact) mass is 474 g/mol. The van der Waals surface area contributed by atoms with E-state index in [2.05, 4.69) is 51.3 Å². The maximum Gasteiger partial charge on any atom is 0.241 e. The van der Waals surface area contributed by atoms with Gasteiger partial charge in [0, 0.05) is 32.2 Å². The van der Waals surface area contributed by atoms with Crippen molar-refractivity contribution in [2.24, 2.45) is 4.99 Å². The summed E-state index contributed by atoms with van der Waals surface area (Å²) in [6.07, 6.45) is 3.62. The maximum atomic E-state index is 11.8. The first-order valence-electron chi connectivity index (χ1n) is 9.03. The number of halogens is 1. The van der Waals surface area contributed by atoms with Gasteiger partial charge < -0.3 is 20.7 Å². The molecule has 3 N–H and O–H groups in total. The summed E-state index contributed by atoms with van der Waals surface area (Å²) in [6.45, 7) is 4.73. The van der Waals surface area contributed by atoms with E-state index in [1.807, 2.05) is 6.92 Å². The number of rotatable bonds is 9. The molecule has 7 heteroatoms. The molecule has 0 saturated heterocycles. The Kier molecular flexibility index (Phi) is 10.6. The zero-order valence-corrected chi connectivity index (χ0v) is 18.0. The van der Waals surface area contributed by atoms with Crippen LogP contribution in [0.2, 0.25) is 0 Å². The van der Waals surface area contributed by atoms with Gasteiger partial charge in [0.2, 0.25) is 5.91 Å². The molecular weight excluding hydrogens is 443 g/mol. The van der Waals surface area contributed by atoms with Gasteiger partial charge in [-0.15, -0.1) is 24.0 Å². The lowest BCUT2D eigenvalue weighted by Crippen LogP contribution is -2.49. The number of hydrogen-bond donors (Lipinski definition) is 3. The highest BCUT2D eigenvalue weighted by Crippen LogP contribution is 2.43. The number of carbonyl (C=O) groups excluding carboxylic acids is 1. The number of nitrogens with zero attached hydrogens (tertiary/aromatic N) is 1. The van der Waals surface area contributed by atoms with Crippen molar-refractivity contribution in [3.8, 4) is 0 Å². The second-order valence-electron chi connectivity index (χ2n) is 6.39. The molecule has 0 aliphatic heterocycles. The highest BCUT2D eigenvalue weighted by Gasteiger charge is 2.38. The van der Waals surface area contributed by atoms with Gasteiger partial charge in [0.15, 0.2) is 5.96 Å². The van der Waals surface area contributed by atoms with E-state index in [9.17, 15) is 4.79 Å². The molecule has 146 valence electrons. The van der Waals surface area contributed by atoms with Crippen molar-refractivity contribution >= 4 is 35.8 Å². The summed E-state index contributed by atoms with van der Waals surface area (Å²) in [6, 6.07) is 10.7. The van der Waals surface area contributed by atoms with Crippen LogP contribution < -0.4 is 16.0 Å². The van der Waals surface area contributed by atoms with E-state index in [0.717, 1.165) is 13.1 Å². The summed E-state index contributed by atoms with van der Waals surface area (Å²) in [4.78, 5) is 16.2. The average molecular weight is 474 g/mol. The first kappa shape index (κ1) is 22.7. The van der Waals surface area contributed by atoms with Crippen LogP contribution in [0.5, 0.6) is 0 Å². The zero-order chi connectivity index (χ0) is 18.0. The predicted molar refractivity (Wildman–Crippen MR) is 116 cm³/mol. The molecule has 1 aromatic carbocycles. The number of ether oxygens (including phenoxy) is 1. The smallest absolute Gasteiger partial charge is 0.241 e. The van der Waals surface area contributed by atoms with Gasteiger partial charge in [0.05, 0.1) is 6.61 Å². The van der Waals surface area contributed by atoms with Crippen LogP contribution in [-0.2, 0) is 14.9 Å². The summed E-state index contributed by atoms with van der Waals surface area (Å²) in [5, 5.41) is 9.41. The fourth-order valence-electron chi connectivity index (χ4n) is 3.06. The third-order valence-corrected chi connectivity index (χ3v) is 4.64. The van der Waals surface area contributed by atoms with Gasteiger partial charge in [0.1, 0.15) is 6.54 Å². The van der Waals surface area contributed by atoms with E-state index in [4.69, 9.17) is 4.74 Å². The minimum absolute atomic E-state index is 0. The van der Waals surface area contributed by atoms with Gasteiger partial charge in [-0.25, -0.2) is 4.99 Å².